The summed E-state index contributed by atoms with van der Waals surface area (Å²) in [7, 11) is 0. The fourth-order valence-corrected chi connectivity index (χ4v) is 2.33. The predicted octanol–water partition coefficient (Wildman–Crippen LogP) is 2.65. The first-order chi connectivity index (χ1) is 9.88. The molecule has 2 aromatic rings. The van der Waals surface area contributed by atoms with Crippen molar-refractivity contribution in [1.29, 1.82) is 0 Å². The Hall–Kier alpha value is -1.80. The highest BCUT2D eigenvalue weighted by Gasteiger charge is 1.98. The van der Waals surface area contributed by atoms with Crippen LogP contribution in [0.2, 0.25) is 0 Å². The van der Waals surface area contributed by atoms with E-state index in [2.05, 4.69) is 11.8 Å². The van der Waals surface area contributed by atoms with Crippen LogP contribution in [0, 0.1) is 11.8 Å². The second-order valence-electron chi connectivity index (χ2n) is 4.02. The van der Waals surface area contributed by atoms with E-state index >= 15 is 0 Å². The summed E-state index contributed by atoms with van der Waals surface area (Å²) in [5, 5.41) is 2.02. The lowest BCUT2D eigenvalue weighted by atomic mass is 10.3. The summed E-state index contributed by atoms with van der Waals surface area (Å²) in [4.78, 5) is 1.16. The van der Waals surface area contributed by atoms with E-state index in [-0.39, 0.29) is 0 Å². The molecular formula is C16H17NO2S. The Morgan fingerprint density at radius 3 is 2.80 bits per heavy atom. The number of ether oxygens (including phenoxy) is 2. The molecule has 0 aliphatic carbocycles. The molecule has 1 heterocycles. The maximum Gasteiger partial charge on any atom is 0.119 e. The van der Waals surface area contributed by atoms with Gasteiger partial charge in [-0.15, -0.1) is 11.3 Å². The summed E-state index contributed by atoms with van der Waals surface area (Å²) >= 11 is 1.65. The Kier molecular flexibility index (Phi) is 6.12. The van der Waals surface area contributed by atoms with Gasteiger partial charge < -0.3 is 15.2 Å². The third kappa shape index (κ3) is 5.06. The van der Waals surface area contributed by atoms with Gasteiger partial charge in [0.2, 0.25) is 0 Å². The Bertz CT molecular complexity index is 569. The van der Waals surface area contributed by atoms with Crippen molar-refractivity contribution in [1.82, 2.24) is 0 Å². The lowest BCUT2D eigenvalue weighted by molar-refractivity contribution is 0.0905. The number of hydrogen-bond donors (Lipinski definition) is 1. The van der Waals surface area contributed by atoms with Gasteiger partial charge in [-0.25, -0.2) is 0 Å². The van der Waals surface area contributed by atoms with E-state index in [0.717, 1.165) is 16.2 Å². The highest BCUT2D eigenvalue weighted by atomic mass is 32.1. The van der Waals surface area contributed by atoms with E-state index in [1.807, 2.05) is 41.8 Å². The average Bonchev–Trinajstić information content (AvgIpc) is 2.94. The highest BCUT2D eigenvalue weighted by Crippen LogP contribution is 2.15. The normalized spacial score (nSPS) is 9.85. The molecule has 20 heavy (non-hydrogen) atoms. The molecule has 0 fully saturated rings. The quantitative estimate of drug-likeness (QED) is 0.656. The van der Waals surface area contributed by atoms with Crippen molar-refractivity contribution in [2.24, 2.45) is 5.73 Å². The van der Waals surface area contributed by atoms with Crippen LogP contribution in [0.15, 0.2) is 41.8 Å². The third-order valence-electron chi connectivity index (χ3n) is 2.47. The largest absolute Gasteiger partial charge is 0.491 e. The summed E-state index contributed by atoms with van der Waals surface area (Å²) in [5.74, 6) is 6.71. The summed E-state index contributed by atoms with van der Waals surface area (Å²) in [6.45, 7) is 2.09. The van der Waals surface area contributed by atoms with Crippen molar-refractivity contribution in [3.63, 3.8) is 0 Å². The van der Waals surface area contributed by atoms with Crippen molar-refractivity contribution < 1.29 is 9.47 Å². The van der Waals surface area contributed by atoms with Crippen LogP contribution in [-0.4, -0.2) is 19.8 Å². The molecule has 1 aromatic heterocycles. The summed E-state index contributed by atoms with van der Waals surface area (Å²) < 4.78 is 11.1. The lowest BCUT2D eigenvalue weighted by Gasteiger charge is -2.06. The number of thiophene rings is 1. The molecule has 1 aromatic carbocycles. The zero-order valence-electron chi connectivity index (χ0n) is 11.2. The van der Waals surface area contributed by atoms with Gasteiger partial charge >= 0.3 is 0 Å². The third-order valence-corrected chi connectivity index (χ3v) is 3.38. The van der Waals surface area contributed by atoms with Gasteiger partial charge in [0.25, 0.3) is 0 Å². The van der Waals surface area contributed by atoms with Crippen LogP contribution in [-0.2, 0) is 11.3 Å². The number of hydrogen-bond acceptors (Lipinski definition) is 4. The smallest absolute Gasteiger partial charge is 0.119 e. The summed E-state index contributed by atoms with van der Waals surface area (Å²) in [6, 6.07) is 11.8. The van der Waals surface area contributed by atoms with E-state index in [1.165, 1.54) is 0 Å². The highest BCUT2D eigenvalue weighted by molar-refractivity contribution is 7.10. The van der Waals surface area contributed by atoms with Crippen LogP contribution in [0.1, 0.15) is 10.4 Å². The molecule has 0 saturated carbocycles. The van der Waals surface area contributed by atoms with Crippen LogP contribution in [0.4, 0.5) is 0 Å². The number of para-hydroxylation sites is 1. The van der Waals surface area contributed by atoms with Gasteiger partial charge in [-0.3, -0.25) is 0 Å². The van der Waals surface area contributed by atoms with Crippen LogP contribution in [0.3, 0.4) is 0 Å². The van der Waals surface area contributed by atoms with Gasteiger partial charge in [-0.2, -0.15) is 0 Å². The van der Waals surface area contributed by atoms with Crippen LogP contribution in [0.25, 0.3) is 0 Å². The number of benzene rings is 1. The van der Waals surface area contributed by atoms with Crippen molar-refractivity contribution in [2.45, 2.75) is 6.61 Å². The first-order valence-electron chi connectivity index (χ1n) is 6.40. The van der Waals surface area contributed by atoms with Gasteiger partial charge in [-0.05, 0) is 18.2 Å². The summed E-state index contributed by atoms with van der Waals surface area (Å²) in [6.07, 6.45) is 0. The minimum atomic E-state index is 0.387. The molecule has 0 amide bonds. The lowest BCUT2D eigenvalue weighted by Crippen LogP contribution is -2.06. The molecular weight excluding hydrogens is 270 g/mol. The van der Waals surface area contributed by atoms with Crippen LogP contribution >= 0.6 is 11.3 Å². The SMILES string of the molecule is NCC#Cc1csc(COCCOc2ccccc2)c1. The zero-order valence-corrected chi connectivity index (χ0v) is 12.0. The van der Waals surface area contributed by atoms with Gasteiger partial charge in [0.15, 0.2) is 0 Å². The zero-order chi connectivity index (χ0) is 14.0. The fourth-order valence-electron chi connectivity index (χ4n) is 1.58. The summed E-state index contributed by atoms with van der Waals surface area (Å²) in [5.41, 5.74) is 6.34. The van der Waals surface area contributed by atoms with Gasteiger partial charge in [-0.1, -0.05) is 30.0 Å². The predicted molar refractivity (Wildman–Crippen MR) is 81.8 cm³/mol. The molecule has 0 saturated heterocycles. The van der Waals surface area contributed by atoms with Gasteiger partial charge in [0, 0.05) is 15.8 Å². The van der Waals surface area contributed by atoms with Crippen molar-refractivity contribution >= 4 is 11.3 Å². The molecule has 2 rings (SSSR count). The molecule has 3 nitrogen and oxygen atoms in total. The molecule has 0 bridgehead atoms. The van der Waals surface area contributed by atoms with Crippen molar-refractivity contribution in [3.8, 4) is 17.6 Å². The molecule has 0 unspecified atom stereocenters. The molecule has 0 aliphatic heterocycles. The van der Waals surface area contributed by atoms with Crippen molar-refractivity contribution in [3.05, 3.63) is 52.2 Å². The van der Waals surface area contributed by atoms with E-state index < -0.39 is 0 Å². The van der Waals surface area contributed by atoms with Gasteiger partial charge in [0.05, 0.1) is 19.8 Å². The number of nitrogens with two attached hydrogens (primary N) is 1. The number of rotatable bonds is 6. The van der Waals surface area contributed by atoms with E-state index in [0.29, 0.717) is 26.4 Å². The first-order valence-corrected chi connectivity index (χ1v) is 7.28. The van der Waals surface area contributed by atoms with Crippen LogP contribution in [0.5, 0.6) is 5.75 Å². The Balaban J connectivity index is 1.65. The molecule has 0 atom stereocenters. The van der Waals surface area contributed by atoms with Crippen LogP contribution < -0.4 is 10.5 Å². The molecule has 0 spiro atoms. The molecule has 0 radical (unpaired) electrons. The molecule has 0 aliphatic rings. The topological polar surface area (TPSA) is 44.5 Å². The first kappa shape index (κ1) is 14.6. The minimum absolute atomic E-state index is 0.387. The van der Waals surface area contributed by atoms with E-state index in [9.17, 15) is 0 Å². The molecule has 104 valence electrons. The van der Waals surface area contributed by atoms with E-state index in [1.54, 1.807) is 11.3 Å². The Morgan fingerprint density at radius 2 is 2.00 bits per heavy atom. The maximum atomic E-state index is 5.57. The Labute approximate surface area is 123 Å². The van der Waals surface area contributed by atoms with Crippen molar-refractivity contribution in [2.75, 3.05) is 19.8 Å². The second kappa shape index (κ2) is 8.39. The van der Waals surface area contributed by atoms with Gasteiger partial charge in [0.1, 0.15) is 12.4 Å². The second-order valence-corrected chi connectivity index (χ2v) is 5.02. The minimum Gasteiger partial charge on any atom is -0.491 e. The average molecular weight is 287 g/mol. The molecule has 2 N–H and O–H groups in total. The Morgan fingerprint density at radius 1 is 1.15 bits per heavy atom. The van der Waals surface area contributed by atoms with E-state index in [4.69, 9.17) is 15.2 Å². The molecule has 4 heteroatoms. The fraction of sp³-hybridized carbons (Fsp3) is 0.250. The maximum absolute atomic E-state index is 5.57. The monoisotopic (exact) mass is 287 g/mol. The standard InChI is InChI=1S/C16H17NO2S/c17-8-4-5-14-11-16(20-13-14)12-18-9-10-19-15-6-2-1-3-7-15/h1-3,6-7,11,13H,8-10,12,17H2.